The molecule has 1 aliphatic rings. The van der Waals surface area contributed by atoms with Crippen LogP contribution in [0.3, 0.4) is 0 Å². The lowest BCUT2D eigenvalue weighted by molar-refractivity contribution is -0.138. The molecule has 2 aromatic rings. The number of benzene rings is 1. The normalized spacial score (nSPS) is 15.4. The molecule has 2 N–H and O–H groups in total. The fourth-order valence-corrected chi connectivity index (χ4v) is 2.77. The maximum Gasteiger partial charge on any atom is 0.416 e. The highest BCUT2D eigenvalue weighted by Gasteiger charge is 2.34. The Morgan fingerprint density at radius 1 is 1.33 bits per heavy atom. The van der Waals surface area contributed by atoms with E-state index in [1.807, 2.05) is 0 Å². The van der Waals surface area contributed by atoms with Crippen LogP contribution in [0.4, 0.5) is 13.2 Å². The molecule has 3 nitrogen and oxygen atoms in total. The summed E-state index contributed by atoms with van der Waals surface area (Å²) in [5.41, 5.74) is -0.287. The Labute approximate surface area is 124 Å². The largest absolute Gasteiger partial charge is 0.416 e. The number of imidazole rings is 1. The predicted octanol–water partition coefficient (Wildman–Crippen LogP) is 3.83. The first-order chi connectivity index (χ1) is 10.0. The fraction of sp³-hybridized carbons (Fsp3) is 0.357. The second kappa shape index (κ2) is 5.73. The fourth-order valence-electron chi connectivity index (χ4n) is 2.00. The van der Waals surface area contributed by atoms with E-state index in [1.165, 1.54) is 17.8 Å². The summed E-state index contributed by atoms with van der Waals surface area (Å²) >= 11 is 1.18. The van der Waals surface area contributed by atoms with E-state index in [9.17, 15) is 13.2 Å². The Hall–Kier alpha value is -1.47. The van der Waals surface area contributed by atoms with Crippen LogP contribution in [0.15, 0.2) is 40.6 Å². The van der Waals surface area contributed by atoms with E-state index in [0.29, 0.717) is 16.1 Å². The van der Waals surface area contributed by atoms with Gasteiger partial charge < -0.3 is 10.3 Å². The monoisotopic (exact) mass is 313 g/mol. The van der Waals surface area contributed by atoms with E-state index in [2.05, 4.69) is 15.3 Å². The van der Waals surface area contributed by atoms with E-state index in [4.69, 9.17) is 0 Å². The van der Waals surface area contributed by atoms with Crippen molar-refractivity contribution in [2.75, 3.05) is 0 Å². The first-order valence-electron chi connectivity index (χ1n) is 6.63. The topological polar surface area (TPSA) is 40.7 Å². The molecular weight excluding hydrogens is 299 g/mol. The predicted molar refractivity (Wildman–Crippen MR) is 74.0 cm³/mol. The molecule has 0 amide bonds. The van der Waals surface area contributed by atoms with Crippen LogP contribution in [0.25, 0.3) is 0 Å². The van der Waals surface area contributed by atoms with E-state index in [1.54, 1.807) is 24.5 Å². The summed E-state index contributed by atoms with van der Waals surface area (Å²) in [6.07, 6.45) is 0.962. The van der Waals surface area contributed by atoms with Crippen LogP contribution in [0, 0.1) is 0 Å². The van der Waals surface area contributed by atoms with Crippen molar-refractivity contribution >= 4 is 11.8 Å². The van der Waals surface area contributed by atoms with Crippen molar-refractivity contribution in [1.29, 1.82) is 0 Å². The van der Waals surface area contributed by atoms with E-state index in [0.717, 1.165) is 12.8 Å². The van der Waals surface area contributed by atoms with Gasteiger partial charge in [-0.1, -0.05) is 17.8 Å². The molecule has 112 valence electrons. The first kappa shape index (κ1) is 14.5. The van der Waals surface area contributed by atoms with Gasteiger partial charge in [-0.05, 0) is 30.5 Å². The minimum Gasteiger partial charge on any atom is -0.339 e. The third-order valence-corrected chi connectivity index (χ3v) is 4.14. The number of aromatic amines is 1. The van der Waals surface area contributed by atoms with Gasteiger partial charge in [-0.2, -0.15) is 13.2 Å². The van der Waals surface area contributed by atoms with Crippen molar-refractivity contribution in [3.05, 3.63) is 41.7 Å². The van der Waals surface area contributed by atoms with Gasteiger partial charge in [0.25, 0.3) is 0 Å². The zero-order chi connectivity index (χ0) is 14.9. The maximum absolute atomic E-state index is 13.2. The van der Waals surface area contributed by atoms with Crippen LogP contribution in [-0.2, 0) is 12.7 Å². The number of hydrogen-bond acceptors (Lipinski definition) is 3. The van der Waals surface area contributed by atoms with Crippen LogP contribution in [0.2, 0.25) is 0 Å². The second-order valence-corrected chi connectivity index (χ2v) is 6.03. The molecule has 1 aliphatic carbocycles. The highest BCUT2D eigenvalue weighted by molar-refractivity contribution is 7.99. The summed E-state index contributed by atoms with van der Waals surface area (Å²) in [4.78, 5) is 7.39. The lowest BCUT2D eigenvalue weighted by atomic mass is 10.1. The Bertz CT molecular complexity index is 606. The summed E-state index contributed by atoms with van der Waals surface area (Å²) in [6, 6.07) is 4.82. The number of H-pyrrole nitrogens is 1. The van der Waals surface area contributed by atoms with E-state index in [-0.39, 0.29) is 12.1 Å². The van der Waals surface area contributed by atoms with Crippen molar-refractivity contribution in [2.24, 2.45) is 0 Å². The average molecular weight is 313 g/mol. The van der Waals surface area contributed by atoms with Crippen molar-refractivity contribution in [1.82, 2.24) is 15.3 Å². The Morgan fingerprint density at radius 3 is 2.76 bits per heavy atom. The molecule has 0 spiro atoms. The molecule has 0 bridgehead atoms. The van der Waals surface area contributed by atoms with Gasteiger partial charge in [0, 0.05) is 29.9 Å². The summed E-state index contributed by atoms with van der Waals surface area (Å²) < 4.78 is 39.6. The number of nitrogens with one attached hydrogen (secondary N) is 2. The number of nitrogens with zero attached hydrogens (tertiary/aromatic N) is 1. The average Bonchev–Trinajstić information content (AvgIpc) is 3.12. The van der Waals surface area contributed by atoms with Gasteiger partial charge in [0.2, 0.25) is 0 Å². The summed E-state index contributed by atoms with van der Waals surface area (Å²) in [5.74, 6) is 0. The van der Waals surface area contributed by atoms with Crippen molar-refractivity contribution in [3.63, 3.8) is 0 Å². The van der Waals surface area contributed by atoms with Crippen LogP contribution in [0.1, 0.15) is 24.0 Å². The van der Waals surface area contributed by atoms with Gasteiger partial charge in [0.1, 0.15) is 0 Å². The zero-order valence-corrected chi connectivity index (χ0v) is 11.9. The van der Waals surface area contributed by atoms with E-state index < -0.39 is 11.7 Å². The third-order valence-electron chi connectivity index (χ3n) is 3.23. The van der Waals surface area contributed by atoms with E-state index >= 15 is 0 Å². The lowest BCUT2D eigenvalue weighted by Crippen LogP contribution is -2.19. The highest BCUT2D eigenvalue weighted by atomic mass is 32.2. The number of aromatic nitrogens is 2. The molecule has 0 radical (unpaired) electrons. The molecule has 0 saturated heterocycles. The first-order valence-corrected chi connectivity index (χ1v) is 7.45. The zero-order valence-electron chi connectivity index (χ0n) is 11.1. The number of halogens is 3. The van der Waals surface area contributed by atoms with Crippen molar-refractivity contribution < 1.29 is 13.2 Å². The van der Waals surface area contributed by atoms with Gasteiger partial charge in [0.15, 0.2) is 5.16 Å². The summed E-state index contributed by atoms with van der Waals surface area (Å²) in [5, 5.41) is 3.70. The maximum atomic E-state index is 13.2. The number of alkyl halides is 3. The Kier molecular flexibility index (Phi) is 3.95. The Balaban J connectivity index is 1.82. The van der Waals surface area contributed by atoms with Crippen molar-refractivity contribution in [3.8, 4) is 0 Å². The second-order valence-electron chi connectivity index (χ2n) is 4.97. The third kappa shape index (κ3) is 3.79. The van der Waals surface area contributed by atoms with Gasteiger partial charge in [-0.15, -0.1) is 0 Å². The lowest BCUT2D eigenvalue weighted by Gasteiger charge is -2.14. The van der Waals surface area contributed by atoms with Gasteiger partial charge in [0.05, 0.1) is 5.56 Å². The van der Waals surface area contributed by atoms with Gasteiger partial charge in [-0.25, -0.2) is 4.98 Å². The molecule has 1 aromatic heterocycles. The van der Waals surface area contributed by atoms with Gasteiger partial charge in [-0.3, -0.25) is 0 Å². The molecule has 1 heterocycles. The molecule has 21 heavy (non-hydrogen) atoms. The molecule has 7 heteroatoms. The molecule has 3 rings (SSSR count). The molecule has 1 saturated carbocycles. The van der Waals surface area contributed by atoms with Crippen molar-refractivity contribution in [2.45, 2.75) is 41.7 Å². The standard InChI is InChI=1S/C14H14F3N3S/c15-14(16,17)12-7-11(21-13-18-5-6-19-13)4-1-9(12)8-20-10-2-3-10/h1,4-7,10,20H,2-3,8H2,(H,18,19). The Morgan fingerprint density at radius 2 is 2.14 bits per heavy atom. The summed E-state index contributed by atoms with van der Waals surface area (Å²) in [7, 11) is 0. The van der Waals surface area contributed by atoms with Crippen LogP contribution < -0.4 is 5.32 Å². The molecule has 1 fully saturated rings. The minimum atomic E-state index is -4.35. The molecule has 1 aromatic carbocycles. The SMILES string of the molecule is FC(F)(F)c1cc(Sc2ncc[nH]2)ccc1CNC1CC1. The van der Waals surface area contributed by atoms with Crippen LogP contribution >= 0.6 is 11.8 Å². The molecule has 0 atom stereocenters. The molecule has 0 unspecified atom stereocenters. The molecule has 0 aliphatic heterocycles. The minimum absolute atomic E-state index is 0.255. The highest BCUT2D eigenvalue weighted by Crippen LogP contribution is 2.36. The van der Waals surface area contributed by atoms with Crippen LogP contribution in [0.5, 0.6) is 0 Å². The van der Waals surface area contributed by atoms with Gasteiger partial charge >= 0.3 is 6.18 Å². The number of hydrogen-bond donors (Lipinski definition) is 2. The number of rotatable bonds is 5. The summed E-state index contributed by atoms with van der Waals surface area (Å²) in [6.45, 7) is 0.255. The molecular formula is C14H14F3N3S. The quantitative estimate of drug-likeness (QED) is 0.881. The smallest absolute Gasteiger partial charge is 0.339 e. The van der Waals surface area contributed by atoms with Crippen LogP contribution in [-0.4, -0.2) is 16.0 Å².